The highest BCUT2D eigenvalue weighted by Gasteiger charge is 2.16. The van der Waals surface area contributed by atoms with E-state index >= 15 is 0 Å². The van der Waals surface area contributed by atoms with Crippen molar-refractivity contribution in [3.63, 3.8) is 0 Å². The first-order chi connectivity index (χ1) is 14.6. The second-order valence-electron chi connectivity index (χ2n) is 6.68. The zero-order chi connectivity index (χ0) is 20.7. The predicted molar refractivity (Wildman–Crippen MR) is 116 cm³/mol. The summed E-state index contributed by atoms with van der Waals surface area (Å²) < 4.78 is 6.70. The SMILES string of the molecule is [B]c1cccc(-n2c(=O)c3cn[nH]c3c3cnc(Nc4ccc(OC)cc4)nc32)c1. The lowest BCUT2D eigenvalue weighted by atomic mass is 9.96. The number of aromatic amines is 1. The van der Waals surface area contributed by atoms with Crippen molar-refractivity contribution in [2.24, 2.45) is 0 Å². The molecule has 5 aromatic rings. The Morgan fingerprint density at radius 3 is 2.70 bits per heavy atom. The monoisotopic (exact) mass is 394 g/mol. The van der Waals surface area contributed by atoms with Crippen LogP contribution in [0.15, 0.2) is 65.7 Å². The third kappa shape index (κ3) is 2.97. The molecular weight excluding hydrogens is 379 g/mol. The highest BCUT2D eigenvalue weighted by Crippen LogP contribution is 2.24. The maximum atomic E-state index is 13.2. The lowest BCUT2D eigenvalue weighted by Gasteiger charge is -2.12. The molecule has 3 heterocycles. The molecule has 3 aromatic heterocycles. The van der Waals surface area contributed by atoms with Gasteiger partial charge >= 0.3 is 0 Å². The average molecular weight is 394 g/mol. The fraction of sp³-hybridized carbons (Fsp3) is 0.0476. The minimum atomic E-state index is -0.244. The molecule has 5 rings (SSSR count). The smallest absolute Gasteiger partial charge is 0.267 e. The molecular formula is C21H15BN6O2. The van der Waals surface area contributed by atoms with E-state index in [-0.39, 0.29) is 5.56 Å². The van der Waals surface area contributed by atoms with Gasteiger partial charge in [0.2, 0.25) is 5.95 Å². The van der Waals surface area contributed by atoms with E-state index in [4.69, 9.17) is 12.6 Å². The van der Waals surface area contributed by atoms with Gasteiger partial charge in [0.1, 0.15) is 13.6 Å². The highest BCUT2D eigenvalue weighted by atomic mass is 16.5. The van der Waals surface area contributed by atoms with Gasteiger partial charge in [-0.05, 0) is 36.4 Å². The van der Waals surface area contributed by atoms with Crippen LogP contribution in [-0.4, -0.2) is 39.7 Å². The average Bonchev–Trinajstić information content (AvgIpc) is 3.25. The summed E-state index contributed by atoms with van der Waals surface area (Å²) in [6.07, 6.45) is 3.17. The summed E-state index contributed by atoms with van der Waals surface area (Å²) >= 11 is 0. The number of nitrogens with zero attached hydrogens (tertiary/aromatic N) is 4. The molecule has 0 aliphatic carbocycles. The molecule has 0 amide bonds. The zero-order valence-electron chi connectivity index (χ0n) is 16.0. The first-order valence-corrected chi connectivity index (χ1v) is 9.16. The molecule has 8 nitrogen and oxygen atoms in total. The molecule has 2 radical (unpaired) electrons. The Morgan fingerprint density at radius 2 is 1.93 bits per heavy atom. The van der Waals surface area contributed by atoms with E-state index in [2.05, 4.69) is 25.5 Å². The molecule has 2 aromatic carbocycles. The number of nitrogens with one attached hydrogen (secondary N) is 2. The largest absolute Gasteiger partial charge is 0.497 e. The van der Waals surface area contributed by atoms with Crippen molar-refractivity contribution >= 4 is 46.9 Å². The van der Waals surface area contributed by atoms with Crippen LogP contribution in [0, 0.1) is 0 Å². The van der Waals surface area contributed by atoms with Gasteiger partial charge in [0.05, 0.1) is 35.3 Å². The summed E-state index contributed by atoms with van der Waals surface area (Å²) in [6, 6.07) is 14.5. The summed E-state index contributed by atoms with van der Waals surface area (Å²) in [5.41, 5.74) is 2.73. The summed E-state index contributed by atoms with van der Waals surface area (Å²) in [6.45, 7) is 0. The number of methoxy groups -OCH3 is 1. The Bertz CT molecular complexity index is 1440. The van der Waals surface area contributed by atoms with Crippen LogP contribution in [0.4, 0.5) is 11.6 Å². The van der Waals surface area contributed by atoms with Gasteiger partial charge in [-0.3, -0.25) is 14.5 Å². The normalized spacial score (nSPS) is 11.1. The second kappa shape index (κ2) is 7.04. The van der Waals surface area contributed by atoms with Crippen molar-refractivity contribution in [3.05, 3.63) is 71.3 Å². The fourth-order valence-electron chi connectivity index (χ4n) is 3.36. The standard InChI is InChI=1S/C21H15BN6O2/c1-30-15-7-5-13(6-8-15)25-21-23-10-16-18-17(11-24-27-18)20(29)28(19(16)26-21)14-4-2-3-12(22)9-14/h2-11H,1H3,(H,24,27)(H,23,25,26). The Kier molecular flexibility index (Phi) is 4.20. The van der Waals surface area contributed by atoms with Gasteiger partial charge in [-0.15, -0.1) is 0 Å². The van der Waals surface area contributed by atoms with Crippen LogP contribution in [0.5, 0.6) is 5.75 Å². The Labute approximate surface area is 172 Å². The summed E-state index contributed by atoms with van der Waals surface area (Å²) in [5, 5.41) is 11.2. The number of fused-ring (bicyclic) bond motifs is 3. The summed E-state index contributed by atoms with van der Waals surface area (Å²) in [5.74, 6) is 1.10. The molecule has 0 unspecified atom stereocenters. The van der Waals surface area contributed by atoms with Gasteiger partial charge in [0.15, 0.2) is 5.65 Å². The van der Waals surface area contributed by atoms with Gasteiger partial charge < -0.3 is 10.1 Å². The second-order valence-corrected chi connectivity index (χ2v) is 6.68. The molecule has 9 heteroatoms. The van der Waals surface area contributed by atoms with E-state index < -0.39 is 0 Å². The first kappa shape index (κ1) is 17.9. The van der Waals surface area contributed by atoms with E-state index in [1.165, 1.54) is 10.8 Å². The lowest BCUT2D eigenvalue weighted by molar-refractivity contribution is 0.415. The van der Waals surface area contributed by atoms with E-state index in [1.807, 2.05) is 30.3 Å². The van der Waals surface area contributed by atoms with Gasteiger partial charge in [-0.2, -0.15) is 10.1 Å². The Balaban J connectivity index is 1.72. The number of rotatable bonds is 4. The van der Waals surface area contributed by atoms with Crippen LogP contribution >= 0.6 is 0 Å². The molecule has 0 spiro atoms. The number of benzene rings is 2. The van der Waals surface area contributed by atoms with Crippen molar-refractivity contribution in [3.8, 4) is 11.4 Å². The van der Waals surface area contributed by atoms with Crippen LogP contribution in [0.3, 0.4) is 0 Å². The molecule has 0 atom stereocenters. The quantitative estimate of drug-likeness (QED) is 0.454. The van der Waals surface area contributed by atoms with Crippen molar-refractivity contribution in [1.82, 2.24) is 24.7 Å². The van der Waals surface area contributed by atoms with E-state index in [0.29, 0.717) is 39.0 Å². The Morgan fingerprint density at radius 1 is 1.10 bits per heavy atom. The first-order valence-electron chi connectivity index (χ1n) is 9.16. The van der Waals surface area contributed by atoms with Crippen LogP contribution < -0.4 is 21.1 Å². The number of anilines is 2. The van der Waals surface area contributed by atoms with Crippen LogP contribution in [0.25, 0.3) is 27.6 Å². The molecule has 0 saturated heterocycles. The van der Waals surface area contributed by atoms with Gasteiger partial charge in [-0.25, -0.2) is 4.98 Å². The molecule has 144 valence electrons. The summed E-state index contributed by atoms with van der Waals surface area (Å²) in [4.78, 5) is 22.3. The number of aromatic nitrogens is 5. The fourth-order valence-corrected chi connectivity index (χ4v) is 3.36. The number of pyridine rings is 1. The van der Waals surface area contributed by atoms with Crippen molar-refractivity contribution < 1.29 is 4.74 Å². The zero-order valence-corrected chi connectivity index (χ0v) is 16.0. The van der Waals surface area contributed by atoms with Crippen molar-refractivity contribution in [2.75, 3.05) is 12.4 Å². The maximum Gasteiger partial charge on any atom is 0.267 e. The lowest BCUT2D eigenvalue weighted by Crippen LogP contribution is -2.21. The highest BCUT2D eigenvalue weighted by molar-refractivity contribution is 6.32. The van der Waals surface area contributed by atoms with Crippen LogP contribution in [0.1, 0.15) is 0 Å². The van der Waals surface area contributed by atoms with Gasteiger partial charge in [0, 0.05) is 11.9 Å². The predicted octanol–water partition coefficient (Wildman–Crippen LogP) is 2.20. The van der Waals surface area contributed by atoms with E-state index in [9.17, 15) is 4.79 Å². The molecule has 2 N–H and O–H groups in total. The summed E-state index contributed by atoms with van der Waals surface area (Å²) in [7, 11) is 7.56. The molecule has 0 aliphatic rings. The minimum Gasteiger partial charge on any atom is -0.497 e. The molecule has 0 fully saturated rings. The number of ether oxygens (including phenoxy) is 1. The number of hydrogen-bond acceptors (Lipinski definition) is 6. The third-order valence-corrected chi connectivity index (χ3v) is 4.80. The molecule has 30 heavy (non-hydrogen) atoms. The molecule has 0 saturated carbocycles. The van der Waals surface area contributed by atoms with Gasteiger partial charge in [0.25, 0.3) is 5.56 Å². The maximum absolute atomic E-state index is 13.2. The van der Waals surface area contributed by atoms with E-state index in [0.717, 1.165) is 11.4 Å². The van der Waals surface area contributed by atoms with Crippen LogP contribution in [-0.2, 0) is 0 Å². The topological polar surface area (TPSA) is 97.7 Å². The molecule has 0 bridgehead atoms. The van der Waals surface area contributed by atoms with Crippen molar-refractivity contribution in [1.29, 1.82) is 0 Å². The molecule has 0 aliphatic heterocycles. The Hall–Kier alpha value is -4.14. The number of H-pyrrole nitrogens is 1. The third-order valence-electron chi connectivity index (χ3n) is 4.80. The van der Waals surface area contributed by atoms with E-state index in [1.54, 1.807) is 31.5 Å². The number of hydrogen-bond donors (Lipinski definition) is 2. The minimum absolute atomic E-state index is 0.244. The van der Waals surface area contributed by atoms with Crippen LogP contribution in [0.2, 0.25) is 0 Å². The van der Waals surface area contributed by atoms with Gasteiger partial charge in [-0.1, -0.05) is 17.6 Å². The van der Waals surface area contributed by atoms with Crippen molar-refractivity contribution in [2.45, 2.75) is 0 Å².